The number of nitrogens with zero attached hydrogens (tertiary/aromatic N) is 1. The maximum Gasteiger partial charge on any atom is 0.181 e. The molecule has 0 spiro atoms. The fraction of sp³-hybridized carbons (Fsp3) is 0.308. The van der Waals surface area contributed by atoms with E-state index in [0.717, 1.165) is 12.1 Å². The van der Waals surface area contributed by atoms with E-state index in [9.17, 15) is 4.39 Å². The van der Waals surface area contributed by atoms with Gasteiger partial charge >= 0.3 is 0 Å². The summed E-state index contributed by atoms with van der Waals surface area (Å²) in [5, 5.41) is 0.0984. The number of aromatic nitrogens is 1. The third kappa shape index (κ3) is 2.07. The molecule has 0 saturated heterocycles. The van der Waals surface area contributed by atoms with Crippen LogP contribution in [0.15, 0.2) is 29.0 Å². The van der Waals surface area contributed by atoms with Gasteiger partial charge in [-0.15, -0.1) is 0 Å². The zero-order valence-electron chi connectivity index (χ0n) is 9.12. The summed E-state index contributed by atoms with van der Waals surface area (Å²) in [6, 6.07) is 4.71. The molecule has 1 aromatic heterocycles. The van der Waals surface area contributed by atoms with Crippen LogP contribution < -0.4 is 0 Å². The quantitative estimate of drug-likeness (QED) is 0.821. The Morgan fingerprint density at radius 3 is 3.00 bits per heavy atom. The molecule has 1 aromatic carbocycles. The molecule has 0 bridgehead atoms. The van der Waals surface area contributed by atoms with E-state index in [-0.39, 0.29) is 5.02 Å². The van der Waals surface area contributed by atoms with Gasteiger partial charge < -0.3 is 4.42 Å². The van der Waals surface area contributed by atoms with E-state index in [2.05, 4.69) is 4.98 Å². The van der Waals surface area contributed by atoms with Crippen LogP contribution in [0.3, 0.4) is 0 Å². The van der Waals surface area contributed by atoms with Crippen molar-refractivity contribution in [3.05, 3.63) is 41.1 Å². The lowest BCUT2D eigenvalue weighted by molar-refractivity contribution is 0.568. The van der Waals surface area contributed by atoms with Crippen molar-refractivity contribution in [2.75, 3.05) is 0 Å². The molecule has 0 radical (unpaired) electrons. The van der Waals surface area contributed by atoms with Crippen LogP contribution in [0.25, 0.3) is 11.3 Å². The van der Waals surface area contributed by atoms with E-state index in [0.29, 0.717) is 17.2 Å². The summed E-state index contributed by atoms with van der Waals surface area (Å²) < 4.78 is 18.7. The predicted octanol–water partition coefficient (Wildman–Crippen LogP) is 4.09. The molecule has 2 aromatic rings. The second-order valence-corrected chi connectivity index (χ2v) is 4.76. The summed E-state index contributed by atoms with van der Waals surface area (Å²) in [6.07, 6.45) is 4.76. The van der Waals surface area contributed by atoms with Crippen LogP contribution in [0.2, 0.25) is 5.02 Å². The average Bonchev–Trinajstić information content (AvgIpc) is 3.01. The van der Waals surface area contributed by atoms with E-state index in [4.69, 9.17) is 16.0 Å². The summed E-state index contributed by atoms with van der Waals surface area (Å²) in [5.74, 6) is 0.866. The van der Waals surface area contributed by atoms with Crippen molar-refractivity contribution in [2.45, 2.75) is 19.3 Å². The van der Waals surface area contributed by atoms with Gasteiger partial charge in [-0.3, -0.25) is 0 Å². The van der Waals surface area contributed by atoms with Crippen molar-refractivity contribution in [3.63, 3.8) is 0 Å². The molecule has 1 aliphatic rings. The van der Waals surface area contributed by atoms with E-state index in [1.165, 1.54) is 25.3 Å². The molecule has 0 amide bonds. The van der Waals surface area contributed by atoms with Gasteiger partial charge in [-0.05, 0) is 37.3 Å². The molecule has 0 aliphatic heterocycles. The van der Waals surface area contributed by atoms with E-state index < -0.39 is 5.82 Å². The van der Waals surface area contributed by atoms with Crippen molar-refractivity contribution in [2.24, 2.45) is 5.92 Å². The van der Waals surface area contributed by atoms with Gasteiger partial charge in [0.05, 0.1) is 10.7 Å². The van der Waals surface area contributed by atoms with E-state index in [1.807, 2.05) is 0 Å². The molecular weight excluding hydrogens is 241 g/mol. The van der Waals surface area contributed by atoms with Crippen LogP contribution in [0, 0.1) is 11.7 Å². The van der Waals surface area contributed by atoms with Gasteiger partial charge in [0.2, 0.25) is 0 Å². The highest BCUT2D eigenvalue weighted by atomic mass is 35.5. The Bertz CT molecular complexity index is 548. The largest absolute Gasteiger partial charge is 0.443 e. The topological polar surface area (TPSA) is 26.0 Å². The number of benzene rings is 1. The Labute approximate surface area is 103 Å². The second-order valence-electron chi connectivity index (χ2n) is 4.38. The highest BCUT2D eigenvalue weighted by Crippen LogP contribution is 2.37. The Morgan fingerprint density at radius 1 is 1.41 bits per heavy atom. The number of rotatable bonds is 3. The zero-order chi connectivity index (χ0) is 11.8. The molecule has 0 unspecified atom stereocenters. The maximum absolute atomic E-state index is 13.4. The van der Waals surface area contributed by atoms with Gasteiger partial charge in [-0.2, -0.15) is 0 Å². The third-order valence-corrected chi connectivity index (χ3v) is 3.40. The molecule has 88 valence electrons. The Kier molecular flexibility index (Phi) is 2.63. The lowest BCUT2D eigenvalue weighted by Gasteiger charge is -2.03. The van der Waals surface area contributed by atoms with Crippen LogP contribution in [0.1, 0.15) is 18.5 Å². The van der Waals surface area contributed by atoms with Crippen molar-refractivity contribution in [1.82, 2.24) is 4.98 Å². The van der Waals surface area contributed by atoms with Crippen LogP contribution >= 0.6 is 11.6 Å². The van der Waals surface area contributed by atoms with Crippen molar-refractivity contribution < 1.29 is 8.81 Å². The summed E-state index contributed by atoms with van der Waals surface area (Å²) in [7, 11) is 0. The molecule has 1 fully saturated rings. The summed E-state index contributed by atoms with van der Waals surface area (Å²) in [4.78, 5) is 4.20. The number of hydrogen-bond acceptors (Lipinski definition) is 2. The fourth-order valence-electron chi connectivity index (χ4n) is 1.91. The normalized spacial score (nSPS) is 15.2. The average molecular weight is 252 g/mol. The molecule has 0 atom stereocenters. The van der Waals surface area contributed by atoms with Crippen LogP contribution in [0.5, 0.6) is 0 Å². The fourth-order valence-corrected chi connectivity index (χ4v) is 2.12. The minimum Gasteiger partial charge on any atom is -0.443 e. The standard InChI is InChI=1S/C13H11ClFNO/c14-12-9(2-1-3-10(12)15)13-11(16-7-17-13)6-8-4-5-8/h1-3,7-8H,4-6H2. The number of oxazole rings is 1. The first kappa shape index (κ1) is 10.8. The molecule has 1 aliphatic carbocycles. The predicted molar refractivity (Wildman–Crippen MR) is 63.3 cm³/mol. The van der Waals surface area contributed by atoms with Gasteiger partial charge in [0.25, 0.3) is 0 Å². The molecule has 4 heteroatoms. The summed E-state index contributed by atoms with van der Waals surface area (Å²) >= 11 is 5.95. The molecule has 1 heterocycles. The first-order chi connectivity index (χ1) is 8.25. The zero-order valence-corrected chi connectivity index (χ0v) is 9.88. The third-order valence-electron chi connectivity index (χ3n) is 3.02. The summed E-state index contributed by atoms with van der Waals surface area (Å²) in [6.45, 7) is 0. The van der Waals surface area contributed by atoms with Gasteiger partial charge in [-0.25, -0.2) is 9.37 Å². The molecule has 17 heavy (non-hydrogen) atoms. The summed E-state index contributed by atoms with van der Waals surface area (Å²) in [5.41, 5.74) is 1.46. The minimum absolute atomic E-state index is 0.0984. The lowest BCUT2D eigenvalue weighted by atomic mass is 10.1. The minimum atomic E-state index is -0.432. The smallest absolute Gasteiger partial charge is 0.181 e. The first-order valence-electron chi connectivity index (χ1n) is 5.62. The van der Waals surface area contributed by atoms with Gasteiger partial charge in [-0.1, -0.05) is 17.7 Å². The highest BCUT2D eigenvalue weighted by molar-refractivity contribution is 6.33. The second kappa shape index (κ2) is 4.15. The van der Waals surface area contributed by atoms with Crippen molar-refractivity contribution in [1.29, 1.82) is 0 Å². The number of halogens is 2. The van der Waals surface area contributed by atoms with Gasteiger partial charge in [0, 0.05) is 5.56 Å². The van der Waals surface area contributed by atoms with Crippen molar-refractivity contribution >= 4 is 11.6 Å². The number of hydrogen-bond donors (Lipinski definition) is 0. The van der Waals surface area contributed by atoms with Gasteiger partial charge in [0.15, 0.2) is 12.2 Å². The van der Waals surface area contributed by atoms with Crippen LogP contribution in [-0.4, -0.2) is 4.98 Å². The Hall–Kier alpha value is -1.35. The lowest BCUT2D eigenvalue weighted by Crippen LogP contribution is -1.91. The molecule has 1 saturated carbocycles. The highest BCUT2D eigenvalue weighted by Gasteiger charge is 2.25. The Balaban J connectivity index is 2.02. The molecular formula is C13H11ClFNO. The SMILES string of the molecule is Fc1cccc(-c2ocnc2CC2CC2)c1Cl. The Morgan fingerprint density at radius 2 is 2.24 bits per heavy atom. The van der Waals surface area contributed by atoms with Gasteiger partial charge in [0.1, 0.15) is 5.82 Å². The van der Waals surface area contributed by atoms with E-state index in [1.54, 1.807) is 12.1 Å². The molecule has 3 rings (SSSR count). The monoisotopic (exact) mass is 251 g/mol. The maximum atomic E-state index is 13.4. The van der Waals surface area contributed by atoms with E-state index >= 15 is 0 Å². The van der Waals surface area contributed by atoms with Crippen LogP contribution in [-0.2, 0) is 6.42 Å². The first-order valence-corrected chi connectivity index (χ1v) is 6.00. The van der Waals surface area contributed by atoms with Crippen LogP contribution in [0.4, 0.5) is 4.39 Å². The van der Waals surface area contributed by atoms with Crippen molar-refractivity contribution in [3.8, 4) is 11.3 Å². The molecule has 2 nitrogen and oxygen atoms in total. The molecule has 0 N–H and O–H groups in total.